The number of hydrogen-bond donors (Lipinski definition) is 2. The molecule has 2 rings (SSSR count). The zero-order chi connectivity index (χ0) is 18.0. The normalized spacial score (nSPS) is 12.1. The molecule has 128 valence electrons. The Morgan fingerprint density at radius 1 is 1.21 bits per heavy atom. The number of aliphatic carboxylic acids is 1. The van der Waals surface area contributed by atoms with Crippen molar-refractivity contribution in [1.82, 2.24) is 0 Å². The van der Waals surface area contributed by atoms with E-state index in [2.05, 4.69) is 0 Å². The van der Waals surface area contributed by atoms with Crippen LogP contribution >= 0.6 is 45.2 Å². The molecule has 0 aliphatic carbocycles. The van der Waals surface area contributed by atoms with Gasteiger partial charge in [-0.3, -0.25) is 4.79 Å². The van der Waals surface area contributed by atoms with Gasteiger partial charge in [-0.15, -0.1) is 0 Å². The van der Waals surface area contributed by atoms with Gasteiger partial charge < -0.3 is 15.6 Å². The molecule has 2 aromatic rings. The molecule has 4 nitrogen and oxygen atoms in total. The fourth-order valence-electron chi connectivity index (χ4n) is 1.97. The van der Waals surface area contributed by atoms with Gasteiger partial charge in [-0.1, -0.05) is 0 Å². The summed E-state index contributed by atoms with van der Waals surface area (Å²) in [4.78, 5) is 10.8. The van der Waals surface area contributed by atoms with Crippen molar-refractivity contribution in [2.75, 3.05) is 0 Å². The van der Waals surface area contributed by atoms with E-state index in [0.29, 0.717) is 12.9 Å². The Morgan fingerprint density at radius 2 is 1.71 bits per heavy atom. The summed E-state index contributed by atoms with van der Waals surface area (Å²) in [6.45, 7) is 1.35. The second kappa shape index (κ2) is 7.91. The highest BCUT2D eigenvalue weighted by atomic mass is 127. The van der Waals surface area contributed by atoms with E-state index in [1.165, 1.54) is 6.92 Å². The summed E-state index contributed by atoms with van der Waals surface area (Å²) in [5.41, 5.74) is 6.22. The number of carbonyl (C=O) groups is 1. The zero-order valence-corrected chi connectivity index (χ0v) is 16.8. The van der Waals surface area contributed by atoms with Crippen LogP contribution in [0.2, 0.25) is 0 Å². The monoisotopic (exact) mass is 557 g/mol. The van der Waals surface area contributed by atoms with Gasteiger partial charge in [0.25, 0.3) is 0 Å². The summed E-state index contributed by atoms with van der Waals surface area (Å²) in [6, 6.07) is 4.73. The summed E-state index contributed by atoms with van der Waals surface area (Å²) in [5.74, 6) is -1.93. The molecule has 0 bridgehead atoms. The first-order valence-electron chi connectivity index (χ1n) is 6.79. The fraction of sp³-hybridized carbons (Fsp3) is 0.188. The van der Waals surface area contributed by atoms with E-state index in [1.54, 1.807) is 12.1 Å². The number of hydrogen-bond acceptors (Lipinski definition) is 3. The van der Waals surface area contributed by atoms with Crippen LogP contribution in [0.1, 0.15) is 11.1 Å². The van der Waals surface area contributed by atoms with Crippen molar-refractivity contribution < 1.29 is 23.4 Å². The van der Waals surface area contributed by atoms with Gasteiger partial charge in [0, 0.05) is 17.7 Å². The Kier molecular flexibility index (Phi) is 6.37. The lowest BCUT2D eigenvalue weighted by atomic mass is 10.1. The lowest BCUT2D eigenvalue weighted by Crippen LogP contribution is -2.32. The average molecular weight is 557 g/mol. The van der Waals surface area contributed by atoms with E-state index in [0.717, 1.165) is 17.7 Å². The molecule has 0 aliphatic heterocycles. The summed E-state index contributed by atoms with van der Waals surface area (Å²) >= 11 is 4.04. The first-order chi connectivity index (χ1) is 11.2. The Bertz CT molecular complexity index is 753. The zero-order valence-electron chi connectivity index (χ0n) is 12.4. The number of carboxylic acid groups (broad SMARTS) is 1. The highest BCUT2D eigenvalue weighted by Gasteiger charge is 2.16. The van der Waals surface area contributed by atoms with Gasteiger partial charge in [-0.2, -0.15) is 0 Å². The van der Waals surface area contributed by atoms with Crippen molar-refractivity contribution in [2.24, 2.45) is 5.73 Å². The predicted molar refractivity (Wildman–Crippen MR) is 102 cm³/mol. The van der Waals surface area contributed by atoms with Crippen LogP contribution < -0.4 is 10.5 Å². The lowest BCUT2D eigenvalue weighted by Gasteiger charge is -2.14. The van der Waals surface area contributed by atoms with Crippen LogP contribution in [0.15, 0.2) is 24.3 Å². The molecular formula is C16H13F2I2NO3. The van der Waals surface area contributed by atoms with Gasteiger partial charge in [0.1, 0.15) is 23.4 Å². The van der Waals surface area contributed by atoms with Crippen LogP contribution in [0.4, 0.5) is 8.78 Å². The average Bonchev–Trinajstić information content (AvgIpc) is 2.48. The number of carboxylic acids is 1. The summed E-state index contributed by atoms with van der Waals surface area (Å²) in [7, 11) is 0. The van der Waals surface area contributed by atoms with Gasteiger partial charge in [-0.05, 0) is 76.2 Å². The summed E-state index contributed by atoms with van der Waals surface area (Å²) < 4.78 is 34.3. The first-order valence-corrected chi connectivity index (χ1v) is 8.94. The molecule has 0 aliphatic rings. The van der Waals surface area contributed by atoms with Crippen molar-refractivity contribution in [1.29, 1.82) is 0 Å². The van der Waals surface area contributed by atoms with Gasteiger partial charge in [0.05, 0.1) is 7.14 Å². The molecule has 1 atom stereocenters. The van der Waals surface area contributed by atoms with Gasteiger partial charge >= 0.3 is 5.97 Å². The van der Waals surface area contributed by atoms with E-state index in [4.69, 9.17) is 15.6 Å². The van der Waals surface area contributed by atoms with E-state index >= 15 is 0 Å². The topological polar surface area (TPSA) is 72.5 Å². The number of halogens is 4. The number of rotatable bonds is 5. The first kappa shape index (κ1) is 19.3. The fourth-order valence-corrected chi connectivity index (χ4v) is 4.09. The van der Waals surface area contributed by atoms with Crippen LogP contribution in [0.5, 0.6) is 11.5 Å². The Labute approximate surface area is 164 Å². The summed E-state index contributed by atoms with van der Waals surface area (Å²) in [5, 5.41) is 8.88. The molecule has 24 heavy (non-hydrogen) atoms. The van der Waals surface area contributed by atoms with Gasteiger partial charge in [0.2, 0.25) is 0 Å². The Balaban J connectivity index is 2.30. The van der Waals surface area contributed by atoms with E-state index in [-0.39, 0.29) is 17.7 Å². The molecule has 0 heterocycles. The maximum Gasteiger partial charge on any atom is 0.320 e. The quantitative estimate of drug-likeness (QED) is 0.541. The highest BCUT2D eigenvalue weighted by molar-refractivity contribution is 14.1. The van der Waals surface area contributed by atoms with Crippen LogP contribution in [-0.4, -0.2) is 17.1 Å². The van der Waals surface area contributed by atoms with Crippen LogP contribution in [0.25, 0.3) is 0 Å². The molecule has 0 aromatic heterocycles. The maximum atomic E-state index is 13.6. The minimum Gasteiger partial charge on any atom is -0.480 e. The molecule has 2 aromatic carbocycles. The second-order valence-electron chi connectivity index (χ2n) is 5.15. The maximum absolute atomic E-state index is 13.6. The Morgan fingerprint density at radius 3 is 2.17 bits per heavy atom. The third kappa shape index (κ3) is 4.54. The summed E-state index contributed by atoms with van der Waals surface area (Å²) in [6.07, 6.45) is 0.176. The molecule has 8 heteroatoms. The third-order valence-corrected chi connectivity index (χ3v) is 4.91. The van der Waals surface area contributed by atoms with Crippen molar-refractivity contribution in [2.45, 2.75) is 19.4 Å². The van der Waals surface area contributed by atoms with E-state index in [9.17, 15) is 13.6 Å². The predicted octanol–water partition coefficient (Wildman–Crippen LogP) is 4.23. The standard InChI is InChI=1S/C16H13F2I2NO3/c1-7-10(17)5-9(6-11(7)18)24-15-12(19)2-8(3-13(15)20)4-14(21)16(22)23/h2-3,5-6,14H,4,21H2,1H3,(H,22,23)/t14-/m0/s1/i17-1,18-1. The van der Waals surface area contributed by atoms with Crippen LogP contribution in [0, 0.1) is 25.7 Å². The number of benzene rings is 2. The van der Waals surface area contributed by atoms with E-state index in [1.807, 2.05) is 45.2 Å². The molecule has 3 N–H and O–H groups in total. The van der Waals surface area contributed by atoms with Gasteiger partial charge in [-0.25, -0.2) is 8.78 Å². The second-order valence-corrected chi connectivity index (χ2v) is 7.48. The minimum absolute atomic E-state index is 0.0569. The van der Waals surface area contributed by atoms with Crippen molar-refractivity contribution in [3.05, 3.63) is 54.2 Å². The SMILES string of the molecule is Cc1c([18F])cc(Oc2c(I)cc(C[C@H](N)C(=O)O)cc2I)cc1[18F]. The molecule has 0 spiro atoms. The van der Waals surface area contributed by atoms with Crippen LogP contribution in [0.3, 0.4) is 0 Å². The van der Waals surface area contributed by atoms with Crippen LogP contribution in [-0.2, 0) is 11.2 Å². The highest BCUT2D eigenvalue weighted by Crippen LogP contribution is 2.34. The molecule has 0 saturated carbocycles. The lowest BCUT2D eigenvalue weighted by molar-refractivity contribution is -0.138. The van der Waals surface area contributed by atoms with Gasteiger partial charge in [0.15, 0.2) is 5.75 Å². The third-order valence-electron chi connectivity index (χ3n) is 3.31. The molecule has 0 fully saturated rings. The molecular weight excluding hydrogens is 544 g/mol. The van der Waals surface area contributed by atoms with Crippen molar-refractivity contribution in [3.8, 4) is 11.5 Å². The van der Waals surface area contributed by atoms with E-state index < -0.39 is 23.6 Å². The number of ether oxygens (including phenoxy) is 1. The van der Waals surface area contributed by atoms with Crippen molar-refractivity contribution >= 4 is 51.2 Å². The molecule has 0 amide bonds. The number of nitrogens with two attached hydrogens (primary N) is 1. The minimum atomic E-state index is -1.08. The molecule has 0 radical (unpaired) electrons. The largest absolute Gasteiger partial charge is 0.480 e. The smallest absolute Gasteiger partial charge is 0.320 e. The molecule has 0 unspecified atom stereocenters. The Hall–Kier alpha value is -1.01. The molecule has 0 saturated heterocycles. The van der Waals surface area contributed by atoms with Crippen molar-refractivity contribution in [3.63, 3.8) is 0 Å².